The van der Waals surface area contributed by atoms with Crippen LogP contribution in [0.5, 0.6) is 0 Å². The Kier molecular flexibility index (Phi) is 12.4. The largest absolute Gasteiger partial charge is 0.453 e. The Hall–Kier alpha value is -5.14. The van der Waals surface area contributed by atoms with Gasteiger partial charge in [-0.15, -0.1) is 0 Å². The van der Waals surface area contributed by atoms with Crippen molar-refractivity contribution in [3.63, 3.8) is 0 Å². The highest BCUT2D eigenvalue weighted by Gasteiger charge is 2.35. The predicted octanol–water partition coefficient (Wildman–Crippen LogP) is 3.20. The van der Waals surface area contributed by atoms with Crippen LogP contribution in [0.25, 0.3) is 11.1 Å². The molecular formula is C34H44N6O8. The first-order valence-electron chi connectivity index (χ1n) is 16.2. The second kappa shape index (κ2) is 16.6. The smallest absolute Gasteiger partial charge is 0.407 e. The number of nitrogens with zero attached hydrogens (tertiary/aromatic N) is 2. The average molecular weight is 665 g/mol. The molecule has 258 valence electrons. The summed E-state index contributed by atoms with van der Waals surface area (Å²) in [6, 6.07) is 13.4. The molecule has 0 saturated carbocycles. The maximum atomic E-state index is 13.0. The van der Waals surface area contributed by atoms with Crippen LogP contribution in [0.2, 0.25) is 0 Å². The minimum atomic E-state index is -0.703. The van der Waals surface area contributed by atoms with E-state index < -0.39 is 24.3 Å². The van der Waals surface area contributed by atoms with Crippen LogP contribution in [0.4, 0.5) is 21.0 Å². The van der Waals surface area contributed by atoms with Crippen LogP contribution in [0.15, 0.2) is 48.5 Å². The second-order valence-electron chi connectivity index (χ2n) is 11.9. The van der Waals surface area contributed by atoms with Crippen LogP contribution in [0, 0.1) is 11.8 Å². The number of benzene rings is 2. The van der Waals surface area contributed by atoms with Gasteiger partial charge in [0.2, 0.25) is 23.6 Å². The van der Waals surface area contributed by atoms with E-state index in [2.05, 4.69) is 30.7 Å². The fraction of sp³-hybridized carbons (Fsp3) is 0.471. The monoisotopic (exact) mass is 664 g/mol. The molecule has 14 nitrogen and oxygen atoms in total. The van der Waals surface area contributed by atoms with Gasteiger partial charge in [0, 0.05) is 37.6 Å². The summed E-state index contributed by atoms with van der Waals surface area (Å²) in [4.78, 5) is 77.9. The fourth-order valence-corrected chi connectivity index (χ4v) is 5.85. The van der Waals surface area contributed by atoms with Crippen LogP contribution in [0.1, 0.15) is 39.5 Å². The third kappa shape index (κ3) is 9.02. The number of carbonyl (C=O) groups excluding carboxylic acids is 6. The van der Waals surface area contributed by atoms with Gasteiger partial charge in [0.15, 0.2) is 0 Å². The Morgan fingerprint density at radius 1 is 0.646 bits per heavy atom. The molecule has 0 aromatic heterocycles. The van der Waals surface area contributed by atoms with Gasteiger partial charge < -0.3 is 40.5 Å². The molecule has 0 aliphatic carbocycles. The molecular weight excluding hydrogens is 620 g/mol. The number of amides is 6. The molecule has 4 rings (SSSR count). The summed E-state index contributed by atoms with van der Waals surface area (Å²) in [6.45, 7) is 5.00. The lowest BCUT2D eigenvalue weighted by Crippen LogP contribution is -2.47. The van der Waals surface area contributed by atoms with Crippen molar-refractivity contribution in [1.82, 2.24) is 20.4 Å². The van der Waals surface area contributed by atoms with Crippen LogP contribution in [-0.4, -0.2) is 98.1 Å². The molecule has 0 unspecified atom stereocenters. The number of alkyl carbamates (subject to hydrolysis) is 2. The van der Waals surface area contributed by atoms with E-state index in [4.69, 9.17) is 0 Å². The van der Waals surface area contributed by atoms with Gasteiger partial charge in [-0.2, -0.15) is 0 Å². The van der Waals surface area contributed by atoms with E-state index in [0.29, 0.717) is 50.1 Å². The zero-order valence-corrected chi connectivity index (χ0v) is 27.7. The summed E-state index contributed by atoms with van der Waals surface area (Å²) in [7, 11) is 2.48. The standard InChI is InChI=1S/C34H44N6O8/c1-5-27(37-33(45)47-3)31(43)39-17-15-23(19-39)29(41)35-25-11-7-21(8-12-25)22-9-13-26(14-10-22)36-30(42)24-16-18-40(20-24)32(44)28(6-2)38-34(46)48-4/h7-14,23-24,27-28H,5-6,15-20H2,1-4H3,(H,35,41)(H,36,42)(H,37,45)(H,38,46)/t23-,24+,27-,28+. The number of likely N-dealkylation sites (tertiary alicyclic amines) is 2. The molecule has 2 heterocycles. The molecule has 2 aliphatic rings. The van der Waals surface area contributed by atoms with Crippen LogP contribution >= 0.6 is 0 Å². The Bertz CT molecular complexity index is 1370. The Balaban J connectivity index is 1.25. The van der Waals surface area contributed by atoms with E-state index in [1.165, 1.54) is 14.2 Å². The normalized spacial score (nSPS) is 18.3. The van der Waals surface area contributed by atoms with Gasteiger partial charge in [0.1, 0.15) is 12.1 Å². The Labute approximate surface area is 279 Å². The molecule has 2 fully saturated rings. The molecule has 6 amide bonds. The maximum Gasteiger partial charge on any atom is 0.407 e. The third-order valence-corrected chi connectivity index (χ3v) is 8.75. The number of hydrogen-bond donors (Lipinski definition) is 4. The summed E-state index contributed by atoms with van der Waals surface area (Å²) < 4.78 is 9.20. The first kappa shape index (κ1) is 35.7. The van der Waals surface area contributed by atoms with Crippen molar-refractivity contribution in [2.75, 3.05) is 51.0 Å². The molecule has 2 aromatic carbocycles. The molecule has 2 aliphatic heterocycles. The lowest BCUT2D eigenvalue weighted by Gasteiger charge is -2.23. The van der Waals surface area contributed by atoms with Gasteiger partial charge in [-0.3, -0.25) is 19.2 Å². The van der Waals surface area contributed by atoms with Crippen molar-refractivity contribution in [2.24, 2.45) is 11.8 Å². The molecule has 14 heteroatoms. The maximum absolute atomic E-state index is 13.0. The highest BCUT2D eigenvalue weighted by molar-refractivity contribution is 5.95. The number of carbonyl (C=O) groups is 6. The topological polar surface area (TPSA) is 175 Å². The van der Waals surface area contributed by atoms with Crippen LogP contribution in [0.3, 0.4) is 0 Å². The molecule has 48 heavy (non-hydrogen) atoms. The van der Waals surface area contributed by atoms with E-state index in [-0.39, 0.29) is 48.6 Å². The van der Waals surface area contributed by atoms with Crippen LogP contribution < -0.4 is 21.3 Å². The van der Waals surface area contributed by atoms with Gasteiger partial charge >= 0.3 is 12.2 Å². The van der Waals surface area contributed by atoms with Crippen molar-refractivity contribution in [3.8, 4) is 11.1 Å². The Morgan fingerprint density at radius 2 is 1.00 bits per heavy atom. The van der Waals surface area contributed by atoms with E-state index in [9.17, 15) is 28.8 Å². The van der Waals surface area contributed by atoms with E-state index >= 15 is 0 Å². The van der Waals surface area contributed by atoms with Crippen molar-refractivity contribution in [1.29, 1.82) is 0 Å². The molecule has 2 aromatic rings. The molecule has 4 atom stereocenters. The third-order valence-electron chi connectivity index (χ3n) is 8.75. The van der Waals surface area contributed by atoms with Crippen LogP contribution in [-0.2, 0) is 28.7 Å². The first-order chi connectivity index (χ1) is 23.1. The summed E-state index contributed by atoms with van der Waals surface area (Å²) in [5, 5.41) is 10.9. The molecule has 2 saturated heterocycles. The van der Waals surface area contributed by atoms with Crippen molar-refractivity contribution < 1.29 is 38.2 Å². The number of nitrogens with one attached hydrogen (secondary N) is 4. The lowest BCUT2D eigenvalue weighted by atomic mass is 10.0. The van der Waals surface area contributed by atoms with E-state index in [1.54, 1.807) is 23.6 Å². The second-order valence-corrected chi connectivity index (χ2v) is 11.9. The molecule has 0 bridgehead atoms. The van der Waals surface area contributed by atoms with Gasteiger partial charge in [-0.1, -0.05) is 38.1 Å². The summed E-state index contributed by atoms with van der Waals surface area (Å²) in [5.74, 6) is -1.55. The predicted molar refractivity (Wildman–Crippen MR) is 178 cm³/mol. The number of rotatable bonds is 11. The molecule has 0 radical (unpaired) electrons. The van der Waals surface area contributed by atoms with Crippen molar-refractivity contribution in [2.45, 2.75) is 51.6 Å². The molecule has 0 spiro atoms. The first-order valence-corrected chi connectivity index (χ1v) is 16.2. The highest BCUT2D eigenvalue weighted by atomic mass is 16.5. The summed E-state index contributed by atoms with van der Waals surface area (Å²) in [6.07, 6.45) is 0.531. The van der Waals surface area contributed by atoms with Crippen molar-refractivity contribution >= 4 is 47.2 Å². The van der Waals surface area contributed by atoms with Crippen molar-refractivity contribution in [3.05, 3.63) is 48.5 Å². The van der Waals surface area contributed by atoms with Gasteiger partial charge in [-0.05, 0) is 61.1 Å². The summed E-state index contributed by atoms with van der Waals surface area (Å²) in [5.41, 5.74) is 3.10. The number of ether oxygens (including phenoxy) is 2. The molecule has 4 N–H and O–H groups in total. The Morgan fingerprint density at radius 3 is 1.31 bits per heavy atom. The van der Waals surface area contributed by atoms with E-state index in [1.807, 2.05) is 48.5 Å². The zero-order chi connectivity index (χ0) is 34.8. The fourth-order valence-electron chi connectivity index (χ4n) is 5.85. The van der Waals surface area contributed by atoms with Gasteiger partial charge in [0.05, 0.1) is 26.1 Å². The van der Waals surface area contributed by atoms with E-state index in [0.717, 1.165) is 11.1 Å². The number of hydrogen-bond acceptors (Lipinski definition) is 8. The number of anilines is 2. The number of methoxy groups -OCH3 is 2. The zero-order valence-electron chi connectivity index (χ0n) is 27.7. The van der Waals surface area contributed by atoms with Gasteiger partial charge in [0.25, 0.3) is 0 Å². The minimum absolute atomic E-state index is 0.176. The quantitative estimate of drug-likeness (QED) is 0.283. The SMILES string of the molecule is CC[C@H](NC(=O)OC)C(=O)N1CC[C@H](C(=O)Nc2ccc(-c3ccc(NC(=O)[C@@H]4CCN(C(=O)[C@@H](CC)NC(=O)OC)C4)cc3)cc2)C1. The summed E-state index contributed by atoms with van der Waals surface area (Å²) >= 11 is 0. The minimum Gasteiger partial charge on any atom is -0.453 e. The lowest BCUT2D eigenvalue weighted by molar-refractivity contribution is -0.133. The van der Waals surface area contributed by atoms with Gasteiger partial charge in [-0.25, -0.2) is 9.59 Å². The highest BCUT2D eigenvalue weighted by Crippen LogP contribution is 2.26. The average Bonchev–Trinajstić information content (AvgIpc) is 3.81.